The van der Waals surface area contributed by atoms with Crippen LogP contribution in [0.3, 0.4) is 0 Å². The highest BCUT2D eigenvalue weighted by Gasteiger charge is 2.24. The van der Waals surface area contributed by atoms with E-state index in [-0.39, 0.29) is 5.91 Å². The SMILES string of the molecule is CC.CCOc1ccc(-c2cc(C(=O)NC3CCCCC3)c(C)n2CC2CCCCC2)c(C)c1. The topological polar surface area (TPSA) is 43.3 Å². The molecule has 2 aliphatic carbocycles. The molecule has 0 atom stereocenters. The van der Waals surface area contributed by atoms with Gasteiger partial charge < -0.3 is 14.6 Å². The first kappa shape index (κ1) is 26.4. The van der Waals surface area contributed by atoms with Crippen LogP contribution >= 0.6 is 0 Å². The minimum absolute atomic E-state index is 0.0987. The highest BCUT2D eigenvalue weighted by atomic mass is 16.5. The fourth-order valence-electron chi connectivity index (χ4n) is 5.65. The van der Waals surface area contributed by atoms with Gasteiger partial charge in [0, 0.05) is 29.5 Å². The summed E-state index contributed by atoms with van der Waals surface area (Å²) in [4.78, 5) is 13.3. The summed E-state index contributed by atoms with van der Waals surface area (Å²) in [5.41, 5.74) is 5.51. The Labute approximate surface area is 207 Å². The van der Waals surface area contributed by atoms with Crippen molar-refractivity contribution in [1.82, 2.24) is 9.88 Å². The second-order valence-electron chi connectivity index (χ2n) is 9.86. The molecular formula is C30H46N2O2. The van der Waals surface area contributed by atoms with Gasteiger partial charge in [0.1, 0.15) is 5.75 Å². The maximum Gasteiger partial charge on any atom is 0.253 e. The summed E-state index contributed by atoms with van der Waals surface area (Å²) in [5, 5.41) is 3.34. The van der Waals surface area contributed by atoms with Crippen LogP contribution in [0.2, 0.25) is 0 Å². The first-order chi connectivity index (χ1) is 16.6. The number of ether oxygens (including phenoxy) is 1. The standard InChI is InChI=1S/C28H40N2O2.C2H6/c1-4-32-24-15-16-25(20(2)17-24)27-18-26(28(31)29-23-13-9-6-10-14-23)21(3)30(27)19-22-11-7-5-8-12-22;1-2/h15-18,22-23H,4-14,19H2,1-3H3,(H,29,31);1-2H3. The van der Waals surface area contributed by atoms with Crippen molar-refractivity contribution in [3.63, 3.8) is 0 Å². The Morgan fingerprint density at radius 2 is 1.62 bits per heavy atom. The van der Waals surface area contributed by atoms with Gasteiger partial charge in [0.15, 0.2) is 0 Å². The highest BCUT2D eigenvalue weighted by Crippen LogP contribution is 2.34. The van der Waals surface area contributed by atoms with Gasteiger partial charge in [-0.1, -0.05) is 52.4 Å². The molecule has 1 heterocycles. The van der Waals surface area contributed by atoms with E-state index in [0.29, 0.717) is 18.6 Å². The van der Waals surface area contributed by atoms with Gasteiger partial charge in [-0.05, 0) is 82.2 Å². The largest absolute Gasteiger partial charge is 0.494 e. The normalized spacial score (nSPS) is 17.1. The molecule has 2 aromatic rings. The molecule has 0 unspecified atom stereocenters. The molecule has 4 heteroatoms. The zero-order chi connectivity index (χ0) is 24.5. The third-order valence-corrected chi connectivity index (χ3v) is 7.50. The van der Waals surface area contributed by atoms with E-state index in [1.807, 2.05) is 20.8 Å². The van der Waals surface area contributed by atoms with Crippen molar-refractivity contribution in [2.24, 2.45) is 5.92 Å². The summed E-state index contributed by atoms with van der Waals surface area (Å²) in [6, 6.07) is 8.80. The summed E-state index contributed by atoms with van der Waals surface area (Å²) >= 11 is 0. The number of benzene rings is 1. The number of amides is 1. The van der Waals surface area contributed by atoms with Crippen LogP contribution < -0.4 is 10.1 Å². The van der Waals surface area contributed by atoms with Crippen LogP contribution in [0.5, 0.6) is 5.75 Å². The van der Waals surface area contributed by atoms with E-state index >= 15 is 0 Å². The van der Waals surface area contributed by atoms with Crippen LogP contribution in [0.25, 0.3) is 11.3 Å². The lowest BCUT2D eigenvalue weighted by Crippen LogP contribution is -2.36. The summed E-state index contributed by atoms with van der Waals surface area (Å²) < 4.78 is 8.14. The van der Waals surface area contributed by atoms with Crippen molar-refractivity contribution < 1.29 is 9.53 Å². The van der Waals surface area contributed by atoms with E-state index in [9.17, 15) is 4.79 Å². The second kappa shape index (κ2) is 13.0. The molecule has 2 aliphatic rings. The molecule has 34 heavy (non-hydrogen) atoms. The Bertz CT molecular complexity index is 918. The summed E-state index contributed by atoms with van der Waals surface area (Å²) in [7, 11) is 0. The Balaban J connectivity index is 0.00000158. The lowest BCUT2D eigenvalue weighted by atomic mass is 9.89. The molecule has 2 fully saturated rings. The molecule has 0 spiro atoms. The van der Waals surface area contributed by atoms with Crippen molar-refractivity contribution in [2.75, 3.05) is 6.61 Å². The third-order valence-electron chi connectivity index (χ3n) is 7.50. The monoisotopic (exact) mass is 466 g/mol. The Morgan fingerprint density at radius 3 is 2.24 bits per heavy atom. The van der Waals surface area contributed by atoms with Gasteiger partial charge in [0.25, 0.3) is 5.91 Å². The quantitative estimate of drug-likeness (QED) is 0.451. The van der Waals surface area contributed by atoms with Crippen molar-refractivity contribution in [3.05, 3.63) is 41.1 Å². The van der Waals surface area contributed by atoms with Crippen LogP contribution in [0.1, 0.15) is 107 Å². The van der Waals surface area contributed by atoms with Crippen LogP contribution in [0.4, 0.5) is 0 Å². The molecule has 1 amide bonds. The van der Waals surface area contributed by atoms with Crippen molar-refractivity contribution in [3.8, 4) is 17.0 Å². The Morgan fingerprint density at radius 1 is 0.971 bits per heavy atom. The number of rotatable bonds is 7. The molecule has 2 saturated carbocycles. The van der Waals surface area contributed by atoms with E-state index < -0.39 is 0 Å². The Hall–Kier alpha value is -2.23. The number of nitrogens with zero attached hydrogens (tertiary/aromatic N) is 1. The molecule has 1 aromatic carbocycles. The van der Waals surface area contributed by atoms with Gasteiger partial charge in [0.2, 0.25) is 0 Å². The van der Waals surface area contributed by atoms with E-state index in [2.05, 4.69) is 48.0 Å². The predicted molar refractivity (Wildman–Crippen MR) is 143 cm³/mol. The summed E-state index contributed by atoms with van der Waals surface area (Å²) in [5.74, 6) is 1.71. The number of aryl methyl sites for hydroxylation is 1. The average Bonchev–Trinajstić information content (AvgIpc) is 3.18. The minimum atomic E-state index is 0.0987. The number of hydrogen-bond acceptors (Lipinski definition) is 2. The lowest BCUT2D eigenvalue weighted by molar-refractivity contribution is 0.0927. The van der Waals surface area contributed by atoms with Gasteiger partial charge in [-0.15, -0.1) is 0 Å². The molecule has 0 saturated heterocycles. The summed E-state index contributed by atoms with van der Waals surface area (Å²) in [6.45, 7) is 12.0. The van der Waals surface area contributed by atoms with Crippen molar-refractivity contribution >= 4 is 5.91 Å². The highest BCUT2D eigenvalue weighted by molar-refractivity contribution is 5.97. The van der Waals surface area contributed by atoms with Gasteiger partial charge in [-0.2, -0.15) is 0 Å². The third kappa shape index (κ3) is 6.46. The zero-order valence-electron chi connectivity index (χ0n) is 22.2. The van der Waals surface area contributed by atoms with E-state index in [4.69, 9.17) is 4.74 Å². The van der Waals surface area contributed by atoms with Crippen LogP contribution in [0, 0.1) is 19.8 Å². The smallest absolute Gasteiger partial charge is 0.253 e. The van der Waals surface area contributed by atoms with Gasteiger partial charge in [-0.25, -0.2) is 0 Å². The molecule has 4 nitrogen and oxygen atoms in total. The van der Waals surface area contributed by atoms with Gasteiger partial charge in [-0.3, -0.25) is 4.79 Å². The number of carbonyl (C=O) groups excluding carboxylic acids is 1. The lowest BCUT2D eigenvalue weighted by Gasteiger charge is -2.25. The zero-order valence-corrected chi connectivity index (χ0v) is 22.2. The average molecular weight is 467 g/mol. The fraction of sp³-hybridized carbons (Fsp3) is 0.633. The maximum atomic E-state index is 13.3. The maximum absolute atomic E-state index is 13.3. The molecule has 0 radical (unpaired) electrons. The number of aromatic nitrogens is 1. The van der Waals surface area contributed by atoms with E-state index in [0.717, 1.165) is 36.4 Å². The molecular weight excluding hydrogens is 420 g/mol. The van der Waals surface area contributed by atoms with Crippen molar-refractivity contribution in [1.29, 1.82) is 0 Å². The molecule has 0 aliphatic heterocycles. The summed E-state index contributed by atoms with van der Waals surface area (Å²) in [6.07, 6.45) is 12.6. The van der Waals surface area contributed by atoms with Crippen molar-refractivity contribution in [2.45, 2.75) is 111 Å². The second-order valence-corrected chi connectivity index (χ2v) is 9.86. The number of nitrogens with one attached hydrogen (secondary N) is 1. The minimum Gasteiger partial charge on any atom is -0.494 e. The Kier molecular flexibility index (Phi) is 10.1. The molecule has 1 aromatic heterocycles. The van der Waals surface area contributed by atoms with Crippen LogP contribution in [-0.4, -0.2) is 23.1 Å². The molecule has 0 bridgehead atoms. The first-order valence-electron chi connectivity index (χ1n) is 13.8. The van der Waals surface area contributed by atoms with Crippen LogP contribution in [-0.2, 0) is 6.54 Å². The van der Waals surface area contributed by atoms with E-state index in [1.54, 1.807) is 0 Å². The number of hydrogen-bond donors (Lipinski definition) is 1. The van der Waals surface area contributed by atoms with Crippen LogP contribution in [0.15, 0.2) is 24.3 Å². The van der Waals surface area contributed by atoms with Gasteiger partial charge >= 0.3 is 0 Å². The number of carbonyl (C=O) groups is 1. The first-order valence-corrected chi connectivity index (χ1v) is 13.8. The fourth-order valence-corrected chi connectivity index (χ4v) is 5.65. The molecule has 188 valence electrons. The molecule has 1 N–H and O–H groups in total. The van der Waals surface area contributed by atoms with Gasteiger partial charge in [0.05, 0.1) is 12.2 Å². The van der Waals surface area contributed by atoms with E-state index in [1.165, 1.54) is 68.2 Å². The predicted octanol–water partition coefficient (Wildman–Crippen LogP) is 7.84. The molecule has 4 rings (SSSR count).